The fourth-order valence-electron chi connectivity index (χ4n) is 7.43. The lowest BCUT2D eigenvalue weighted by Crippen LogP contribution is -2.25. The summed E-state index contributed by atoms with van der Waals surface area (Å²) in [6, 6.07) is 18.5. The quantitative estimate of drug-likeness (QED) is 0.145. The van der Waals surface area contributed by atoms with Gasteiger partial charge in [0, 0.05) is 35.5 Å². The average Bonchev–Trinajstić information content (AvgIpc) is 3.92. The van der Waals surface area contributed by atoms with Gasteiger partial charge in [0.1, 0.15) is 16.6 Å². The Labute approximate surface area is 302 Å². The van der Waals surface area contributed by atoms with Gasteiger partial charge in [-0.2, -0.15) is 5.26 Å². The van der Waals surface area contributed by atoms with Gasteiger partial charge in [-0.1, -0.05) is 57.0 Å². The maximum atomic E-state index is 12.9. The topological polar surface area (TPSA) is 124 Å². The fraction of sp³-hybridized carbons (Fsp3) is 0.390. The number of amides is 1. The number of nitrogens with zero attached hydrogens (tertiary/aromatic N) is 5. The van der Waals surface area contributed by atoms with Gasteiger partial charge in [-0.05, 0) is 85.2 Å². The monoisotopic (exact) mass is 701 g/mol. The molecular formula is C41H43N5O4S. The van der Waals surface area contributed by atoms with Gasteiger partial charge in [-0.15, -0.1) is 11.3 Å². The normalized spacial score (nSPS) is 16.5. The summed E-state index contributed by atoms with van der Waals surface area (Å²) in [6.45, 7) is 11.6. The number of oxazole rings is 1. The van der Waals surface area contributed by atoms with Gasteiger partial charge in [-0.25, -0.2) is 9.97 Å². The number of aromatic nitrogens is 2. The second kappa shape index (κ2) is 14.4. The summed E-state index contributed by atoms with van der Waals surface area (Å²) in [5.74, 6) is 0.210. The Hall–Kier alpha value is -4.85. The summed E-state index contributed by atoms with van der Waals surface area (Å²) in [6.07, 6.45) is 4.41. The van der Waals surface area contributed by atoms with Crippen LogP contribution in [0.1, 0.15) is 78.8 Å². The highest BCUT2D eigenvalue weighted by molar-refractivity contribution is 7.15. The van der Waals surface area contributed by atoms with E-state index in [1.165, 1.54) is 4.88 Å². The van der Waals surface area contributed by atoms with E-state index in [1.807, 2.05) is 29.2 Å². The molecular weight excluding hydrogens is 659 g/mol. The van der Waals surface area contributed by atoms with Gasteiger partial charge < -0.3 is 14.4 Å². The van der Waals surface area contributed by atoms with E-state index in [9.17, 15) is 20.0 Å². The molecule has 0 saturated carbocycles. The van der Waals surface area contributed by atoms with Crippen molar-refractivity contribution in [3.05, 3.63) is 81.4 Å². The summed E-state index contributed by atoms with van der Waals surface area (Å²) < 4.78 is 6.28. The number of fused-ring (bicyclic) bond motifs is 2. The van der Waals surface area contributed by atoms with Crippen molar-refractivity contribution in [2.45, 2.75) is 79.4 Å². The maximum absolute atomic E-state index is 12.9. The minimum Gasteiger partial charge on any atom is -0.481 e. The number of carboxylic acids is 1. The molecule has 0 bridgehead atoms. The first-order valence-electron chi connectivity index (χ1n) is 17.9. The first-order chi connectivity index (χ1) is 24.6. The minimum atomic E-state index is -0.763. The van der Waals surface area contributed by atoms with Crippen LogP contribution in [0, 0.1) is 37.0 Å². The van der Waals surface area contributed by atoms with Crippen LogP contribution >= 0.6 is 11.3 Å². The predicted molar refractivity (Wildman–Crippen MR) is 199 cm³/mol. The summed E-state index contributed by atoms with van der Waals surface area (Å²) in [7, 11) is 0. The molecule has 3 aromatic carbocycles. The van der Waals surface area contributed by atoms with E-state index in [1.54, 1.807) is 11.3 Å². The van der Waals surface area contributed by atoms with Crippen molar-refractivity contribution < 1.29 is 19.1 Å². The molecule has 1 unspecified atom stereocenters. The van der Waals surface area contributed by atoms with Gasteiger partial charge in [0.25, 0.3) is 0 Å². The Balaban J connectivity index is 1.12. The molecule has 0 radical (unpaired) electrons. The van der Waals surface area contributed by atoms with Crippen molar-refractivity contribution >= 4 is 34.3 Å². The Morgan fingerprint density at radius 1 is 1.06 bits per heavy atom. The van der Waals surface area contributed by atoms with Gasteiger partial charge in [0.15, 0.2) is 5.58 Å². The van der Waals surface area contributed by atoms with Crippen LogP contribution in [-0.2, 0) is 29.2 Å². The Morgan fingerprint density at radius 2 is 1.78 bits per heavy atom. The van der Waals surface area contributed by atoms with Crippen molar-refractivity contribution in [3.8, 4) is 39.2 Å². The number of thiazole rings is 1. The van der Waals surface area contributed by atoms with Crippen LogP contribution in [0.5, 0.6) is 0 Å². The third kappa shape index (κ3) is 6.93. The number of hydrogen-bond acceptors (Lipinski definition) is 8. The predicted octanol–water partition coefficient (Wildman–Crippen LogP) is 8.74. The van der Waals surface area contributed by atoms with Crippen molar-refractivity contribution in [1.29, 1.82) is 5.26 Å². The van der Waals surface area contributed by atoms with Crippen LogP contribution in [0.3, 0.4) is 0 Å². The van der Waals surface area contributed by atoms with Crippen molar-refractivity contribution in [3.63, 3.8) is 0 Å². The number of carbonyl (C=O) groups is 2. The van der Waals surface area contributed by atoms with E-state index in [-0.39, 0.29) is 11.8 Å². The Kier molecular flexibility index (Phi) is 9.77. The summed E-state index contributed by atoms with van der Waals surface area (Å²) in [5, 5.41) is 20.4. The van der Waals surface area contributed by atoms with E-state index in [2.05, 4.69) is 62.9 Å². The van der Waals surface area contributed by atoms with E-state index >= 15 is 0 Å². The van der Waals surface area contributed by atoms with Crippen LogP contribution in [0.4, 0.5) is 0 Å². The first kappa shape index (κ1) is 34.6. The highest BCUT2D eigenvalue weighted by Gasteiger charge is 2.29. The smallest absolute Gasteiger partial charge is 0.307 e. The van der Waals surface area contributed by atoms with Crippen molar-refractivity contribution in [2.24, 2.45) is 11.8 Å². The Morgan fingerprint density at radius 3 is 2.47 bits per heavy atom. The van der Waals surface area contributed by atoms with E-state index in [0.29, 0.717) is 74.0 Å². The molecule has 4 heterocycles. The average molecular weight is 702 g/mol. The Bertz CT molecular complexity index is 2150. The van der Waals surface area contributed by atoms with Crippen LogP contribution in [0.15, 0.2) is 52.9 Å². The zero-order chi connectivity index (χ0) is 35.8. The molecule has 2 aliphatic heterocycles. The van der Waals surface area contributed by atoms with Gasteiger partial charge in [0.2, 0.25) is 11.8 Å². The number of likely N-dealkylation sites (tertiary alicyclic amines) is 1. The molecule has 0 aliphatic carbocycles. The third-order valence-corrected chi connectivity index (χ3v) is 11.8. The SMILES string of the molecule is CCC(C)CCCC(=O)N1Cc2nc(-c3cccc(-c4cccc(-c5nc6cc(CN7CC[C@@H](C(=O)O)C7)cc(C#N)c6o5)c4C)c3C)sc2C1. The number of hydrogen-bond donors (Lipinski definition) is 1. The highest BCUT2D eigenvalue weighted by atomic mass is 32.1. The van der Waals surface area contributed by atoms with Crippen molar-refractivity contribution in [1.82, 2.24) is 19.8 Å². The molecule has 10 heteroatoms. The molecule has 2 aliphatic rings. The third-order valence-electron chi connectivity index (χ3n) is 10.7. The zero-order valence-corrected chi connectivity index (χ0v) is 30.5. The molecule has 1 saturated heterocycles. The van der Waals surface area contributed by atoms with Gasteiger partial charge >= 0.3 is 5.97 Å². The largest absolute Gasteiger partial charge is 0.481 e. The number of aliphatic carboxylic acids is 1. The van der Waals surface area contributed by atoms with Crippen LogP contribution in [0.2, 0.25) is 0 Å². The standard InChI is InChI=1S/C41H43N5O4S/c1-5-24(2)9-6-14-37(47)46-22-35-36(23-46)51-40(44-35)33-13-8-11-31(26(33)4)30-10-7-12-32(25(30)3)39-43-34-18-27(17-29(19-42)38(34)50-39)20-45-16-15-28(21-45)41(48)49/h7-8,10-13,17-18,24,28H,5-6,9,14-16,20-23H2,1-4H3,(H,48,49)/t24?,28-/m1/s1. The fourth-order valence-corrected chi connectivity index (χ4v) is 8.60. The lowest BCUT2D eigenvalue weighted by molar-refractivity contribution is -0.141. The van der Waals surface area contributed by atoms with E-state index in [4.69, 9.17) is 14.4 Å². The summed E-state index contributed by atoms with van der Waals surface area (Å²) >= 11 is 1.68. The van der Waals surface area contributed by atoms with Crippen LogP contribution in [0.25, 0.3) is 44.3 Å². The molecule has 5 aromatic rings. The number of carbonyl (C=O) groups excluding carboxylic acids is 1. The van der Waals surface area contributed by atoms with E-state index in [0.717, 1.165) is 68.9 Å². The van der Waals surface area contributed by atoms with E-state index < -0.39 is 5.97 Å². The molecule has 51 heavy (non-hydrogen) atoms. The van der Waals surface area contributed by atoms with Gasteiger partial charge in [0.05, 0.1) is 30.3 Å². The molecule has 7 rings (SSSR count). The molecule has 1 fully saturated rings. The summed E-state index contributed by atoms with van der Waals surface area (Å²) in [5.41, 5.74) is 9.64. The maximum Gasteiger partial charge on any atom is 0.307 e. The second-order valence-corrected chi connectivity index (χ2v) is 15.3. The number of rotatable bonds is 11. The molecule has 1 amide bonds. The molecule has 262 valence electrons. The first-order valence-corrected chi connectivity index (χ1v) is 18.7. The molecule has 2 aromatic heterocycles. The number of benzene rings is 3. The second-order valence-electron chi connectivity index (χ2n) is 14.2. The lowest BCUT2D eigenvalue weighted by atomic mass is 9.91. The lowest BCUT2D eigenvalue weighted by Gasteiger charge is -2.16. The number of nitriles is 1. The molecule has 1 N–H and O–H groups in total. The number of carboxylic acid groups (broad SMARTS) is 1. The highest BCUT2D eigenvalue weighted by Crippen LogP contribution is 2.40. The zero-order valence-electron chi connectivity index (χ0n) is 29.7. The summed E-state index contributed by atoms with van der Waals surface area (Å²) in [4.78, 5) is 39.5. The molecule has 0 spiro atoms. The van der Waals surface area contributed by atoms with Gasteiger partial charge in [-0.3, -0.25) is 14.5 Å². The van der Waals surface area contributed by atoms with Crippen LogP contribution in [-0.4, -0.2) is 49.8 Å². The van der Waals surface area contributed by atoms with Crippen molar-refractivity contribution in [2.75, 3.05) is 13.1 Å². The molecule has 9 nitrogen and oxygen atoms in total. The molecule has 2 atom stereocenters. The van der Waals surface area contributed by atoms with Crippen LogP contribution < -0.4 is 0 Å². The minimum absolute atomic E-state index is 0.222.